The van der Waals surface area contributed by atoms with Crippen molar-refractivity contribution in [3.63, 3.8) is 0 Å². The van der Waals surface area contributed by atoms with E-state index in [9.17, 15) is 22.0 Å². The van der Waals surface area contributed by atoms with E-state index in [1.165, 1.54) is 6.07 Å². The number of thiophene rings is 1. The lowest BCUT2D eigenvalue weighted by Gasteiger charge is -2.19. The standard InChI is InChI=1S/C13H9ClF5NS/c1-2-20-12(13-5(14)3-4-21-13)6-7(15)9(17)11(19)10(18)8(6)16/h3-4,12,20H,2H2,1H3. The molecule has 0 aliphatic carbocycles. The highest BCUT2D eigenvalue weighted by Gasteiger charge is 2.32. The van der Waals surface area contributed by atoms with Crippen molar-refractivity contribution in [2.75, 3.05) is 6.54 Å². The molecule has 1 aromatic carbocycles. The van der Waals surface area contributed by atoms with E-state index in [0.717, 1.165) is 11.3 Å². The Labute approximate surface area is 126 Å². The summed E-state index contributed by atoms with van der Waals surface area (Å²) in [6, 6.07) is 0.268. The molecule has 0 aliphatic rings. The third-order valence-corrected chi connectivity index (χ3v) is 4.27. The largest absolute Gasteiger partial charge is 0.306 e. The van der Waals surface area contributed by atoms with E-state index < -0.39 is 40.7 Å². The van der Waals surface area contributed by atoms with Gasteiger partial charge in [0.2, 0.25) is 5.82 Å². The highest BCUT2D eigenvalue weighted by atomic mass is 35.5. The molecule has 0 saturated heterocycles. The van der Waals surface area contributed by atoms with Crippen molar-refractivity contribution in [2.45, 2.75) is 13.0 Å². The van der Waals surface area contributed by atoms with Crippen molar-refractivity contribution in [3.05, 3.63) is 56.0 Å². The van der Waals surface area contributed by atoms with E-state index in [1.807, 2.05) is 0 Å². The molecule has 0 radical (unpaired) electrons. The minimum absolute atomic E-state index is 0.190. The molecule has 0 aliphatic heterocycles. The highest BCUT2D eigenvalue weighted by Crippen LogP contribution is 2.37. The molecule has 114 valence electrons. The molecular formula is C13H9ClF5NS. The molecule has 1 heterocycles. The van der Waals surface area contributed by atoms with E-state index >= 15 is 0 Å². The normalized spacial score (nSPS) is 12.7. The van der Waals surface area contributed by atoms with Crippen molar-refractivity contribution >= 4 is 22.9 Å². The summed E-state index contributed by atoms with van der Waals surface area (Å²) in [7, 11) is 0. The Hall–Kier alpha value is -1.18. The van der Waals surface area contributed by atoms with Crippen molar-refractivity contribution in [2.24, 2.45) is 0 Å². The van der Waals surface area contributed by atoms with Gasteiger partial charge in [-0.25, -0.2) is 22.0 Å². The minimum atomic E-state index is -2.18. The molecule has 1 N–H and O–H groups in total. The maximum Gasteiger partial charge on any atom is 0.200 e. The van der Waals surface area contributed by atoms with E-state index in [4.69, 9.17) is 11.6 Å². The smallest absolute Gasteiger partial charge is 0.200 e. The molecule has 2 rings (SSSR count). The van der Waals surface area contributed by atoms with Crippen LogP contribution in [0.25, 0.3) is 0 Å². The van der Waals surface area contributed by atoms with Crippen LogP contribution < -0.4 is 5.32 Å². The van der Waals surface area contributed by atoms with Crippen LogP contribution in [0.1, 0.15) is 23.4 Å². The predicted molar refractivity (Wildman–Crippen MR) is 71.1 cm³/mol. The van der Waals surface area contributed by atoms with Gasteiger partial charge in [0.25, 0.3) is 0 Å². The summed E-state index contributed by atoms with van der Waals surface area (Å²) >= 11 is 6.96. The summed E-state index contributed by atoms with van der Waals surface area (Å²) in [5.41, 5.74) is -0.933. The van der Waals surface area contributed by atoms with Gasteiger partial charge in [0.15, 0.2) is 23.3 Å². The van der Waals surface area contributed by atoms with E-state index in [1.54, 1.807) is 12.3 Å². The molecule has 0 fully saturated rings. The number of hydrogen-bond acceptors (Lipinski definition) is 2. The summed E-state index contributed by atoms with van der Waals surface area (Å²) in [4.78, 5) is 0.279. The Morgan fingerprint density at radius 2 is 1.57 bits per heavy atom. The third-order valence-electron chi connectivity index (χ3n) is 2.85. The molecule has 8 heteroatoms. The van der Waals surface area contributed by atoms with Gasteiger partial charge < -0.3 is 5.32 Å². The van der Waals surface area contributed by atoms with Gasteiger partial charge in [-0.1, -0.05) is 18.5 Å². The highest BCUT2D eigenvalue weighted by molar-refractivity contribution is 7.10. The number of halogens is 6. The first-order valence-corrected chi connectivity index (χ1v) is 7.13. The molecule has 0 amide bonds. The van der Waals surface area contributed by atoms with Crippen molar-refractivity contribution in [3.8, 4) is 0 Å². The number of nitrogens with one attached hydrogen (secondary N) is 1. The summed E-state index contributed by atoms with van der Waals surface area (Å²) in [5.74, 6) is -9.84. The summed E-state index contributed by atoms with van der Waals surface area (Å²) in [6.07, 6.45) is 0. The summed E-state index contributed by atoms with van der Waals surface area (Å²) < 4.78 is 67.6. The van der Waals surface area contributed by atoms with Crippen LogP contribution in [0.15, 0.2) is 11.4 Å². The fraction of sp³-hybridized carbons (Fsp3) is 0.231. The average molecular weight is 342 g/mol. The van der Waals surface area contributed by atoms with Gasteiger partial charge in [0, 0.05) is 4.88 Å². The van der Waals surface area contributed by atoms with E-state index in [-0.39, 0.29) is 16.4 Å². The maximum atomic E-state index is 13.9. The minimum Gasteiger partial charge on any atom is -0.306 e. The lowest BCUT2D eigenvalue weighted by molar-refractivity contribution is 0.363. The molecule has 0 spiro atoms. The Kier molecular flexibility index (Phi) is 4.85. The van der Waals surface area contributed by atoms with Gasteiger partial charge in [0.1, 0.15) is 0 Å². The predicted octanol–water partition coefficient (Wildman–Crippen LogP) is 4.80. The second kappa shape index (κ2) is 6.29. The van der Waals surface area contributed by atoms with Gasteiger partial charge in [-0.15, -0.1) is 11.3 Å². The first-order chi connectivity index (χ1) is 9.90. The van der Waals surface area contributed by atoms with Gasteiger partial charge in [-0.3, -0.25) is 0 Å². The zero-order valence-electron chi connectivity index (χ0n) is 10.6. The SMILES string of the molecule is CCNC(c1sccc1Cl)c1c(F)c(F)c(F)c(F)c1F. The van der Waals surface area contributed by atoms with Gasteiger partial charge in [-0.2, -0.15) is 0 Å². The molecule has 1 aromatic heterocycles. The fourth-order valence-corrected chi connectivity index (χ4v) is 3.17. The van der Waals surface area contributed by atoms with Crippen LogP contribution in [-0.4, -0.2) is 6.54 Å². The second-order valence-corrected chi connectivity index (χ2v) is 5.46. The zero-order chi connectivity index (χ0) is 15.7. The van der Waals surface area contributed by atoms with Gasteiger partial charge >= 0.3 is 0 Å². The summed E-state index contributed by atoms with van der Waals surface area (Å²) in [6.45, 7) is 1.89. The lowest BCUT2D eigenvalue weighted by atomic mass is 10.0. The second-order valence-electron chi connectivity index (χ2n) is 4.11. The molecule has 1 atom stereocenters. The van der Waals surface area contributed by atoms with Gasteiger partial charge in [0.05, 0.1) is 16.6 Å². The summed E-state index contributed by atoms with van der Waals surface area (Å²) in [5, 5.41) is 4.44. The zero-order valence-corrected chi connectivity index (χ0v) is 12.2. The van der Waals surface area contributed by atoms with Gasteiger partial charge in [-0.05, 0) is 18.0 Å². The third kappa shape index (κ3) is 2.77. The Morgan fingerprint density at radius 1 is 1.05 bits per heavy atom. The van der Waals surface area contributed by atoms with E-state index in [2.05, 4.69) is 5.32 Å². The van der Waals surface area contributed by atoms with Crippen molar-refractivity contribution in [1.29, 1.82) is 0 Å². The van der Waals surface area contributed by atoms with Crippen LogP contribution in [0, 0.1) is 29.1 Å². The fourth-order valence-electron chi connectivity index (χ4n) is 1.92. The monoisotopic (exact) mass is 341 g/mol. The molecule has 0 saturated carbocycles. The van der Waals surface area contributed by atoms with Crippen LogP contribution in [0.5, 0.6) is 0 Å². The lowest BCUT2D eigenvalue weighted by Crippen LogP contribution is -2.25. The number of benzene rings is 1. The molecule has 1 unspecified atom stereocenters. The number of rotatable bonds is 4. The molecule has 0 bridgehead atoms. The van der Waals surface area contributed by atoms with Crippen molar-refractivity contribution in [1.82, 2.24) is 5.32 Å². The van der Waals surface area contributed by atoms with Crippen LogP contribution in [-0.2, 0) is 0 Å². The Morgan fingerprint density at radius 3 is 2.00 bits per heavy atom. The quantitative estimate of drug-likeness (QED) is 0.479. The van der Waals surface area contributed by atoms with Crippen molar-refractivity contribution < 1.29 is 22.0 Å². The Balaban J connectivity index is 2.70. The first-order valence-electron chi connectivity index (χ1n) is 5.87. The Bertz CT molecular complexity index is 644. The molecular weight excluding hydrogens is 333 g/mol. The van der Waals surface area contributed by atoms with Crippen LogP contribution >= 0.6 is 22.9 Å². The average Bonchev–Trinajstić information content (AvgIpc) is 2.88. The molecule has 2 aromatic rings. The van der Waals surface area contributed by atoms with Crippen LogP contribution in [0.2, 0.25) is 5.02 Å². The topological polar surface area (TPSA) is 12.0 Å². The van der Waals surface area contributed by atoms with E-state index in [0.29, 0.717) is 0 Å². The maximum absolute atomic E-state index is 13.9. The van der Waals surface area contributed by atoms with Crippen LogP contribution in [0.4, 0.5) is 22.0 Å². The molecule has 21 heavy (non-hydrogen) atoms. The number of hydrogen-bond donors (Lipinski definition) is 1. The first kappa shape index (κ1) is 16.2. The van der Waals surface area contributed by atoms with Crippen LogP contribution in [0.3, 0.4) is 0 Å². The molecule has 1 nitrogen and oxygen atoms in total.